The summed E-state index contributed by atoms with van der Waals surface area (Å²) in [6.07, 6.45) is 6.65. The molecule has 4 heteroatoms. The lowest BCUT2D eigenvalue weighted by Crippen LogP contribution is -2.45. The minimum absolute atomic E-state index is 0.508. The van der Waals surface area contributed by atoms with E-state index in [9.17, 15) is 0 Å². The fraction of sp³-hybridized carbons (Fsp3) is 0.533. The maximum absolute atomic E-state index is 5.92. The van der Waals surface area contributed by atoms with Gasteiger partial charge in [-0.3, -0.25) is 4.90 Å². The summed E-state index contributed by atoms with van der Waals surface area (Å²) in [4.78, 5) is 7.16. The van der Waals surface area contributed by atoms with E-state index in [0.717, 1.165) is 36.9 Å². The van der Waals surface area contributed by atoms with Crippen LogP contribution in [0.3, 0.4) is 0 Å². The number of hydrogen-bond donors (Lipinski definition) is 1. The monoisotopic (exact) mass is 258 g/mol. The molecule has 0 radical (unpaired) electrons. The largest absolute Gasteiger partial charge is 0.329 e. The number of pyridine rings is 1. The molecule has 3 heterocycles. The van der Waals surface area contributed by atoms with Gasteiger partial charge < -0.3 is 10.1 Å². The smallest absolute Gasteiger partial charge is 0.137 e. The molecule has 0 bridgehead atoms. The van der Waals surface area contributed by atoms with Crippen LogP contribution in [-0.4, -0.2) is 33.4 Å². The van der Waals surface area contributed by atoms with E-state index in [0.29, 0.717) is 6.04 Å². The van der Waals surface area contributed by atoms with Crippen molar-refractivity contribution in [3.63, 3.8) is 0 Å². The second-order valence-corrected chi connectivity index (χ2v) is 5.69. The molecule has 3 rings (SSSR count). The quantitative estimate of drug-likeness (QED) is 0.914. The number of likely N-dealkylation sites (tertiary alicyclic amines) is 1. The van der Waals surface area contributed by atoms with Crippen LogP contribution >= 0.6 is 0 Å². The number of rotatable bonds is 3. The zero-order valence-electron chi connectivity index (χ0n) is 11.5. The number of aromatic nitrogens is 2. The van der Waals surface area contributed by atoms with Gasteiger partial charge in [0.2, 0.25) is 0 Å². The molecule has 0 amide bonds. The normalized spacial score (nSPS) is 24.9. The van der Waals surface area contributed by atoms with Crippen molar-refractivity contribution in [2.24, 2.45) is 11.7 Å². The van der Waals surface area contributed by atoms with Crippen LogP contribution in [0, 0.1) is 5.92 Å². The Bertz CT molecular complexity index is 515. The number of fused-ring (bicyclic) bond motifs is 1. The van der Waals surface area contributed by atoms with E-state index in [-0.39, 0.29) is 0 Å². The Morgan fingerprint density at radius 1 is 1.42 bits per heavy atom. The molecule has 2 atom stereocenters. The van der Waals surface area contributed by atoms with Crippen LogP contribution in [0.4, 0.5) is 0 Å². The highest BCUT2D eigenvalue weighted by molar-refractivity contribution is 5.39. The van der Waals surface area contributed by atoms with Crippen LogP contribution in [0.5, 0.6) is 0 Å². The number of piperidine rings is 1. The fourth-order valence-electron chi connectivity index (χ4n) is 3.03. The van der Waals surface area contributed by atoms with Gasteiger partial charge in [-0.25, -0.2) is 4.98 Å². The Balaban J connectivity index is 1.76. The van der Waals surface area contributed by atoms with Crippen molar-refractivity contribution in [3.05, 3.63) is 36.3 Å². The van der Waals surface area contributed by atoms with Gasteiger partial charge in [0.1, 0.15) is 5.65 Å². The highest BCUT2D eigenvalue weighted by Crippen LogP contribution is 2.23. The fourth-order valence-corrected chi connectivity index (χ4v) is 3.03. The van der Waals surface area contributed by atoms with Crippen molar-refractivity contribution in [2.75, 3.05) is 13.1 Å². The lowest BCUT2D eigenvalue weighted by Gasteiger charge is -2.37. The molecule has 1 fully saturated rings. The third-order valence-electron chi connectivity index (χ3n) is 4.15. The second kappa shape index (κ2) is 5.31. The van der Waals surface area contributed by atoms with Gasteiger partial charge in [0.05, 0.1) is 5.69 Å². The van der Waals surface area contributed by atoms with E-state index >= 15 is 0 Å². The lowest BCUT2D eigenvalue weighted by atomic mass is 9.92. The first-order valence-corrected chi connectivity index (χ1v) is 7.13. The maximum Gasteiger partial charge on any atom is 0.137 e. The topological polar surface area (TPSA) is 46.6 Å². The first-order valence-electron chi connectivity index (χ1n) is 7.13. The number of hydrogen-bond acceptors (Lipinski definition) is 3. The van der Waals surface area contributed by atoms with Crippen LogP contribution in [0.25, 0.3) is 5.65 Å². The second-order valence-electron chi connectivity index (χ2n) is 5.69. The van der Waals surface area contributed by atoms with Crippen LogP contribution in [0.2, 0.25) is 0 Å². The standard InChI is InChI=1S/C15H22N4/c1-12-5-7-18(14(8-12)9-16)10-13-11-19-6-3-2-4-15(19)17-13/h2-4,6,11-12,14H,5,7-10,16H2,1H3. The molecule has 1 aliphatic rings. The number of imidazole rings is 1. The van der Waals surface area contributed by atoms with E-state index < -0.39 is 0 Å². The Hall–Kier alpha value is -1.39. The first kappa shape index (κ1) is 12.6. The van der Waals surface area contributed by atoms with E-state index in [4.69, 9.17) is 5.73 Å². The van der Waals surface area contributed by atoms with Gasteiger partial charge in [-0.2, -0.15) is 0 Å². The van der Waals surface area contributed by atoms with Crippen LogP contribution in [-0.2, 0) is 6.54 Å². The first-order chi connectivity index (χ1) is 9.26. The molecule has 1 saturated heterocycles. The average molecular weight is 258 g/mol. The maximum atomic E-state index is 5.92. The molecule has 4 nitrogen and oxygen atoms in total. The molecular formula is C15H22N4. The summed E-state index contributed by atoms with van der Waals surface area (Å²) in [6, 6.07) is 6.61. The summed E-state index contributed by atoms with van der Waals surface area (Å²) in [5, 5.41) is 0. The summed E-state index contributed by atoms with van der Waals surface area (Å²) in [5.41, 5.74) is 8.08. The summed E-state index contributed by atoms with van der Waals surface area (Å²) < 4.78 is 2.08. The van der Waals surface area contributed by atoms with Crippen molar-refractivity contribution >= 4 is 5.65 Å². The van der Waals surface area contributed by atoms with Crippen LogP contribution in [0.1, 0.15) is 25.5 Å². The molecular weight excluding hydrogens is 236 g/mol. The molecule has 19 heavy (non-hydrogen) atoms. The predicted octanol–water partition coefficient (Wildman–Crippen LogP) is 1.89. The van der Waals surface area contributed by atoms with Crippen molar-refractivity contribution < 1.29 is 0 Å². The van der Waals surface area contributed by atoms with Gasteiger partial charge in [-0.1, -0.05) is 13.0 Å². The Morgan fingerprint density at radius 2 is 2.32 bits per heavy atom. The van der Waals surface area contributed by atoms with Crippen LogP contribution in [0.15, 0.2) is 30.6 Å². The third kappa shape index (κ3) is 2.65. The van der Waals surface area contributed by atoms with E-state index in [1.54, 1.807) is 0 Å². The molecule has 2 unspecified atom stereocenters. The zero-order chi connectivity index (χ0) is 13.2. The minimum atomic E-state index is 0.508. The minimum Gasteiger partial charge on any atom is -0.329 e. The number of nitrogens with two attached hydrogens (primary N) is 1. The molecule has 0 spiro atoms. The Labute approximate surface area is 114 Å². The molecule has 0 saturated carbocycles. The van der Waals surface area contributed by atoms with Gasteiger partial charge in [-0.15, -0.1) is 0 Å². The third-order valence-corrected chi connectivity index (χ3v) is 4.15. The van der Waals surface area contributed by atoms with Crippen molar-refractivity contribution in [1.29, 1.82) is 0 Å². The van der Waals surface area contributed by atoms with Crippen molar-refractivity contribution in [1.82, 2.24) is 14.3 Å². The summed E-state index contributed by atoms with van der Waals surface area (Å²) in [6.45, 7) is 5.12. The van der Waals surface area contributed by atoms with Crippen molar-refractivity contribution in [2.45, 2.75) is 32.4 Å². The molecule has 2 aromatic heterocycles. The summed E-state index contributed by atoms with van der Waals surface area (Å²) >= 11 is 0. The summed E-state index contributed by atoms with van der Waals surface area (Å²) in [7, 11) is 0. The molecule has 2 aromatic rings. The zero-order valence-corrected chi connectivity index (χ0v) is 11.5. The number of nitrogens with zero attached hydrogens (tertiary/aromatic N) is 3. The van der Waals surface area contributed by atoms with Gasteiger partial charge in [0.15, 0.2) is 0 Å². The van der Waals surface area contributed by atoms with Gasteiger partial charge in [0.25, 0.3) is 0 Å². The molecule has 0 aliphatic carbocycles. The highest BCUT2D eigenvalue weighted by Gasteiger charge is 2.25. The lowest BCUT2D eigenvalue weighted by molar-refractivity contribution is 0.114. The molecule has 1 aliphatic heterocycles. The molecule has 0 aromatic carbocycles. The Kier molecular flexibility index (Phi) is 3.53. The van der Waals surface area contributed by atoms with Gasteiger partial charge in [-0.05, 0) is 37.4 Å². The SMILES string of the molecule is CC1CCN(Cc2cn3ccccc3n2)C(CN)C1. The molecule has 102 valence electrons. The Morgan fingerprint density at radius 3 is 3.11 bits per heavy atom. The van der Waals surface area contributed by atoms with E-state index in [2.05, 4.69) is 27.4 Å². The van der Waals surface area contributed by atoms with Crippen molar-refractivity contribution in [3.8, 4) is 0 Å². The molecule has 2 N–H and O–H groups in total. The van der Waals surface area contributed by atoms with Crippen LogP contribution < -0.4 is 5.73 Å². The highest BCUT2D eigenvalue weighted by atomic mass is 15.2. The van der Waals surface area contributed by atoms with E-state index in [1.807, 2.05) is 24.4 Å². The van der Waals surface area contributed by atoms with Gasteiger partial charge >= 0.3 is 0 Å². The van der Waals surface area contributed by atoms with E-state index in [1.165, 1.54) is 12.8 Å². The average Bonchev–Trinajstić information content (AvgIpc) is 2.83. The summed E-state index contributed by atoms with van der Waals surface area (Å²) in [5.74, 6) is 0.797. The van der Waals surface area contributed by atoms with Gasteiger partial charge in [0, 0.05) is 31.5 Å². The predicted molar refractivity (Wildman–Crippen MR) is 76.8 cm³/mol.